The van der Waals surface area contributed by atoms with Gasteiger partial charge in [-0.1, -0.05) is 12.8 Å². The van der Waals surface area contributed by atoms with E-state index in [1.807, 2.05) is 0 Å². The Bertz CT molecular complexity index is 399. The number of unbranched alkanes of at least 4 members (excludes halogenated alkanes) is 3. The third kappa shape index (κ3) is 4.85. The zero-order chi connectivity index (χ0) is 13.4. The van der Waals surface area contributed by atoms with Crippen molar-refractivity contribution in [3.8, 4) is 0 Å². The van der Waals surface area contributed by atoms with Crippen LogP contribution in [0.1, 0.15) is 36.0 Å². The number of carbonyl (C=O) groups is 1. The maximum absolute atomic E-state index is 11.2. The normalized spacial score (nSPS) is 10.3. The number of nitrogens with one attached hydrogen (secondary N) is 1. The number of amides is 1. The van der Waals surface area contributed by atoms with Gasteiger partial charge in [-0.05, 0) is 31.0 Å². The molecule has 0 aromatic carbocycles. The summed E-state index contributed by atoms with van der Waals surface area (Å²) in [6.07, 6.45) is 5.51. The number of aromatic nitrogens is 2. The van der Waals surface area contributed by atoms with Crippen molar-refractivity contribution >= 4 is 23.3 Å². The zero-order valence-electron chi connectivity index (χ0n) is 10.2. The van der Waals surface area contributed by atoms with Crippen molar-refractivity contribution in [1.82, 2.24) is 9.97 Å². The molecule has 1 rings (SSSR count). The third-order valence-electron chi connectivity index (χ3n) is 2.45. The van der Waals surface area contributed by atoms with Crippen LogP contribution in [0.15, 0.2) is 6.20 Å². The van der Waals surface area contributed by atoms with Crippen LogP contribution < -0.4 is 16.8 Å². The van der Waals surface area contributed by atoms with E-state index in [4.69, 9.17) is 23.1 Å². The molecule has 0 atom stereocenters. The van der Waals surface area contributed by atoms with Crippen molar-refractivity contribution in [2.45, 2.75) is 25.7 Å². The summed E-state index contributed by atoms with van der Waals surface area (Å²) in [7, 11) is 0. The lowest BCUT2D eigenvalue weighted by atomic mass is 10.2. The second kappa shape index (κ2) is 7.84. The standard InChI is InChI=1S/C11H18ClN5O/c12-11-16-7-8(9(14)18)10(17-11)15-6-4-2-1-3-5-13/h7H,1-6,13H2,(H2,14,18)(H,15,16,17). The molecule has 0 aliphatic heterocycles. The SMILES string of the molecule is NCCCCCCNc1nc(Cl)ncc1C(N)=O. The van der Waals surface area contributed by atoms with Gasteiger partial charge in [-0.25, -0.2) is 4.98 Å². The molecule has 0 unspecified atom stereocenters. The van der Waals surface area contributed by atoms with E-state index in [2.05, 4.69) is 15.3 Å². The van der Waals surface area contributed by atoms with Gasteiger partial charge in [0.25, 0.3) is 5.91 Å². The predicted octanol–water partition coefficient (Wildman–Crippen LogP) is 1.16. The van der Waals surface area contributed by atoms with Crippen LogP contribution >= 0.6 is 11.6 Å². The fraction of sp³-hybridized carbons (Fsp3) is 0.545. The van der Waals surface area contributed by atoms with Gasteiger partial charge in [-0.2, -0.15) is 4.98 Å². The highest BCUT2D eigenvalue weighted by atomic mass is 35.5. The van der Waals surface area contributed by atoms with Crippen LogP contribution in [0.4, 0.5) is 5.82 Å². The highest BCUT2D eigenvalue weighted by molar-refractivity contribution is 6.28. The van der Waals surface area contributed by atoms with Crippen LogP contribution in [0, 0.1) is 0 Å². The fourth-order valence-electron chi connectivity index (χ4n) is 1.51. The van der Waals surface area contributed by atoms with Gasteiger partial charge in [-0.15, -0.1) is 0 Å². The van der Waals surface area contributed by atoms with Gasteiger partial charge in [0, 0.05) is 12.7 Å². The fourth-order valence-corrected chi connectivity index (χ4v) is 1.64. The summed E-state index contributed by atoms with van der Waals surface area (Å²) in [5, 5.41) is 3.13. The number of hydrogen-bond acceptors (Lipinski definition) is 5. The first kappa shape index (κ1) is 14.7. The van der Waals surface area contributed by atoms with Crippen molar-refractivity contribution in [3.05, 3.63) is 17.0 Å². The number of nitrogens with two attached hydrogens (primary N) is 2. The summed E-state index contributed by atoms with van der Waals surface area (Å²) in [6.45, 7) is 1.43. The van der Waals surface area contributed by atoms with Gasteiger partial charge in [-0.3, -0.25) is 4.79 Å². The number of halogens is 1. The topological polar surface area (TPSA) is 107 Å². The molecular formula is C11H18ClN5O. The highest BCUT2D eigenvalue weighted by Gasteiger charge is 2.10. The molecule has 0 fully saturated rings. The third-order valence-corrected chi connectivity index (χ3v) is 2.63. The smallest absolute Gasteiger partial charge is 0.254 e. The maximum Gasteiger partial charge on any atom is 0.254 e. The van der Waals surface area contributed by atoms with Gasteiger partial charge >= 0.3 is 0 Å². The average Bonchev–Trinajstić information content (AvgIpc) is 2.33. The maximum atomic E-state index is 11.2. The number of carbonyl (C=O) groups excluding carboxylic acids is 1. The van der Waals surface area contributed by atoms with Crippen LogP contribution in [0.25, 0.3) is 0 Å². The molecule has 18 heavy (non-hydrogen) atoms. The van der Waals surface area contributed by atoms with Crippen molar-refractivity contribution in [3.63, 3.8) is 0 Å². The van der Waals surface area contributed by atoms with E-state index in [-0.39, 0.29) is 10.8 Å². The molecule has 6 nitrogen and oxygen atoms in total. The molecule has 0 radical (unpaired) electrons. The number of nitrogens with zero attached hydrogens (tertiary/aromatic N) is 2. The minimum Gasteiger partial charge on any atom is -0.369 e. The van der Waals surface area contributed by atoms with E-state index in [1.165, 1.54) is 6.20 Å². The monoisotopic (exact) mass is 271 g/mol. The minimum absolute atomic E-state index is 0.0885. The van der Waals surface area contributed by atoms with E-state index < -0.39 is 5.91 Å². The number of hydrogen-bond donors (Lipinski definition) is 3. The molecule has 0 saturated carbocycles. The largest absolute Gasteiger partial charge is 0.369 e. The van der Waals surface area contributed by atoms with E-state index in [1.54, 1.807) is 0 Å². The van der Waals surface area contributed by atoms with E-state index in [9.17, 15) is 4.79 Å². The Hall–Kier alpha value is -1.40. The summed E-state index contributed by atoms with van der Waals surface area (Å²) in [6, 6.07) is 0. The van der Waals surface area contributed by atoms with Crippen molar-refractivity contribution in [2.75, 3.05) is 18.4 Å². The summed E-state index contributed by atoms with van der Waals surface area (Å²) in [5.41, 5.74) is 10.9. The van der Waals surface area contributed by atoms with Gasteiger partial charge < -0.3 is 16.8 Å². The molecule has 0 saturated heterocycles. The molecule has 0 aliphatic rings. The van der Waals surface area contributed by atoms with E-state index >= 15 is 0 Å². The number of rotatable bonds is 8. The lowest BCUT2D eigenvalue weighted by Crippen LogP contribution is -2.16. The molecule has 0 spiro atoms. The molecular weight excluding hydrogens is 254 g/mol. The minimum atomic E-state index is -0.572. The lowest BCUT2D eigenvalue weighted by Gasteiger charge is -2.08. The second-order valence-electron chi connectivity index (χ2n) is 3.90. The number of primary amides is 1. The average molecular weight is 272 g/mol. The van der Waals surface area contributed by atoms with Gasteiger partial charge in [0.2, 0.25) is 5.28 Å². The molecule has 7 heteroatoms. The van der Waals surface area contributed by atoms with Gasteiger partial charge in [0.1, 0.15) is 5.82 Å². The first-order chi connectivity index (χ1) is 8.65. The molecule has 0 bridgehead atoms. The Morgan fingerprint density at radius 2 is 2.06 bits per heavy atom. The highest BCUT2D eigenvalue weighted by Crippen LogP contribution is 2.13. The molecule has 5 N–H and O–H groups in total. The summed E-state index contributed by atoms with van der Waals surface area (Å²) >= 11 is 5.67. The Labute approximate surface area is 111 Å². The summed E-state index contributed by atoms with van der Waals surface area (Å²) < 4.78 is 0. The van der Waals surface area contributed by atoms with Crippen LogP contribution in [0.5, 0.6) is 0 Å². The van der Waals surface area contributed by atoms with Gasteiger partial charge in [0.15, 0.2) is 0 Å². The first-order valence-electron chi connectivity index (χ1n) is 5.91. The molecule has 1 aromatic rings. The molecule has 0 aliphatic carbocycles. The molecule has 1 aromatic heterocycles. The summed E-state index contributed by atoms with van der Waals surface area (Å²) in [4.78, 5) is 18.8. The Kier molecular flexibility index (Phi) is 6.38. The van der Waals surface area contributed by atoms with Crippen LogP contribution in [-0.4, -0.2) is 29.0 Å². The Morgan fingerprint density at radius 3 is 2.72 bits per heavy atom. The predicted molar refractivity (Wildman–Crippen MR) is 71.6 cm³/mol. The second-order valence-corrected chi connectivity index (χ2v) is 4.23. The van der Waals surface area contributed by atoms with E-state index in [0.717, 1.165) is 32.2 Å². The van der Waals surface area contributed by atoms with Crippen LogP contribution in [0.2, 0.25) is 5.28 Å². The van der Waals surface area contributed by atoms with Crippen molar-refractivity contribution in [2.24, 2.45) is 11.5 Å². The van der Waals surface area contributed by atoms with Crippen molar-refractivity contribution in [1.29, 1.82) is 0 Å². The quantitative estimate of drug-likeness (QED) is 0.486. The summed E-state index contributed by atoms with van der Waals surface area (Å²) in [5.74, 6) is -0.182. The van der Waals surface area contributed by atoms with Gasteiger partial charge in [0.05, 0.1) is 5.56 Å². The van der Waals surface area contributed by atoms with Crippen LogP contribution in [0.3, 0.4) is 0 Å². The lowest BCUT2D eigenvalue weighted by molar-refractivity contribution is 0.100. The zero-order valence-corrected chi connectivity index (χ0v) is 10.9. The van der Waals surface area contributed by atoms with Crippen molar-refractivity contribution < 1.29 is 4.79 Å². The molecule has 1 heterocycles. The molecule has 1 amide bonds. The first-order valence-corrected chi connectivity index (χ1v) is 6.29. The Balaban J connectivity index is 2.45. The molecule has 100 valence electrons. The van der Waals surface area contributed by atoms with Crippen LogP contribution in [-0.2, 0) is 0 Å². The number of anilines is 1. The van der Waals surface area contributed by atoms with E-state index in [0.29, 0.717) is 12.4 Å². The Morgan fingerprint density at radius 1 is 1.33 bits per heavy atom.